The summed E-state index contributed by atoms with van der Waals surface area (Å²) in [6, 6.07) is 6.77. The van der Waals surface area contributed by atoms with Gasteiger partial charge in [0.05, 0.1) is 20.3 Å². The number of aryl methyl sites for hydroxylation is 1. The van der Waals surface area contributed by atoms with Crippen molar-refractivity contribution >= 4 is 5.96 Å². The predicted molar refractivity (Wildman–Crippen MR) is 112 cm³/mol. The lowest BCUT2D eigenvalue weighted by Gasteiger charge is -2.37. The Labute approximate surface area is 164 Å². The third-order valence-electron chi connectivity index (χ3n) is 5.11. The molecule has 0 amide bonds. The zero-order valence-electron chi connectivity index (χ0n) is 17.5. The van der Waals surface area contributed by atoms with E-state index in [1.165, 1.54) is 11.1 Å². The highest BCUT2D eigenvalue weighted by molar-refractivity contribution is 5.79. The van der Waals surface area contributed by atoms with Crippen LogP contribution < -0.4 is 15.4 Å². The van der Waals surface area contributed by atoms with Crippen LogP contribution in [0.25, 0.3) is 0 Å². The fourth-order valence-corrected chi connectivity index (χ4v) is 3.54. The molecule has 1 unspecified atom stereocenters. The average molecular weight is 377 g/mol. The first-order valence-corrected chi connectivity index (χ1v) is 9.95. The minimum Gasteiger partial charge on any atom is -0.496 e. The zero-order valence-corrected chi connectivity index (χ0v) is 17.5. The van der Waals surface area contributed by atoms with Crippen molar-refractivity contribution in [2.45, 2.75) is 33.2 Å². The lowest BCUT2D eigenvalue weighted by molar-refractivity contribution is 0.00752. The number of benzene rings is 1. The normalized spacial score (nSPS) is 17.0. The van der Waals surface area contributed by atoms with E-state index in [4.69, 9.17) is 9.47 Å². The maximum atomic E-state index is 5.49. The largest absolute Gasteiger partial charge is 0.496 e. The maximum absolute atomic E-state index is 5.49. The summed E-state index contributed by atoms with van der Waals surface area (Å²) >= 11 is 0. The first kappa shape index (κ1) is 21.5. The highest BCUT2D eigenvalue weighted by Crippen LogP contribution is 2.19. The van der Waals surface area contributed by atoms with Gasteiger partial charge in [-0.2, -0.15) is 0 Å². The van der Waals surface area contributed by atoms with Crippen LogP contribution in [-0.4, -0.2) is 70.5 Å². The van der Waals surface area contributed by atoms with E-state index < -0.39 is 0 Å². The molecule has 6 heteroatoms. The quantitative estimate of drug-likeness (QED) is 0.537. The molecule has 2 rings (SSSR count). The molecule has 0 spiro atoms. The molecule has 0 bridgehead atoms. The Hall–Kier alpha value is -1.79. The Kier molecular flexibility index (Phi) is 8.88. The van der Waals surface area contributed by atoms with Crippen LogP contribution in [0, 0.1) is 12.8 Å². The van der Waals surface area contributed by atoms with Crippen molar-refractivity contribution in [2.75, 3.05) is 53.6 Å². The second-order valence-electron chi connectivity index (χ2n) is 7.40. The average Bonchev–Trinajstić information content (AvgIpc) is 2.67. The molecule has 0 saturated carbocycles. The molecule has 1 aliphatic rings. The van der Waals surface area contributed by atoms with E-state index in [1.54, 1.807) is 7.11 Å². The van der Waals surface area contributed by atoms with E-state index in [9.17, 15) is 0 Å². The molecule has 2 N–H and O–H groups in total. The topological polar surface area (TPSA) is 58.1 Å². The molecule has 1 aliphatic heterocycles. The van der Waals surface area contributed by atoms with Crippen molar-refractivity contribution < 1.29 is 9.47 Å². The van der Waals surface area contributed by atoms with Gasteiger partial charge in [0, 0.05) is 39.3 Å². The number of hydrogen-bond donors (Lipinski definition) is 2. The third-order valence-corrected chi connectivity index (χ3v) is 5.11. The first-order chi connectivity index (χ1) is 13.0. The van der Waals surface area contributed by atoms with E-state index in [1.807, 2.05) is 13.1 Å². The van der Waals surface area contributed by atoms with E-state index in [-0.39, 0.29) is 0 Å². The van der Waals surface area contributed by atoms with Gasteiger partial charge in [-0.1, -0.05) is 31.5 Å². The van der Waals surface area contributed by atoms with Crippen molar-refractivity contribution in [3.63, 3.8) is 0 Å². The number of nitrogens with zero attached hydrogens (tertiary/aromatic N) is 2. The molecule has 1 heterocycles. The van der Waals surface area contributed by atoms with Gasteiger partial charge in [0.25, 0.3) is 0 Å². The molecule has 1 aromatic rings. The number of nitrogens with one attached hydrogen (secondary N) is 2. The Morgan fingerprint density at radius 1 is 1.26 bits per heavy atom. The summed E-state index contributed by atoms with van der Waals surface area (Å²) in [7, 11) is 3.54. The van der Waals surface area contributed by atoms with Gasteiger partial charge in [0.15, 0.2) is 5.96 Å². The smallest absolute Gasteiger partial charge is 0.191 e. The number of morpholine rings is 1. The van der Waals surface area contributed by atoms with E-state index in [0.29, 0.717) is 12.0 Å². The van der Waals surface area contributed by atoms with Gasteiger partial charge in [-0.25, -0.2) is 0 Å². The minimum absolute atomic E-state index is 0.476. The standard InChI is InChI=1S/C21H36N4O2/c1-16(2)19(25-10-12-27-13-11-25)15-24-21(22-4)23-9-8-18-14-17(3)6-7-20(18)26-5/h6-7,14,16,19H,8-13,15H2,1-5H3,(H2,22,23,24). The monoisotopic (exact) mass is 376 g/mol. The fourth-order valence-electron chi connectivity index (χ4n) is 3.54. The van der Waals surface area contributed by atoms with Gasteiger partial charge in [-0.3, -0.25) is 9.89 Å². The van der Waals surface area contributed by atoms with Crippen molar-refractivity contribution in [3.8, 4) is 5.75 Å². The minimum atomic E-state index is 0.476. The number of hydrogen-bond acceptors (Lipinski definition) is 4. The van der Waals surface area contributed by atoms with Gasteiger partial charge >= 0.3 is 0 Å². The number of rotatable bonds is 8. The van der Waals surface area contributed by atoms with E-state index in [0.717, 1.165) is 57.5 Å². The van der Waals surface area contributed by atoms with Crippen LogP contribution in [0.5, 0.6) is 5.75 Å². The number of guanidine groups is 1. The molecule has 0 radical (unpaired) electrons. The van der Waals surface area contributed by atoms with Crippen LogP contribution in [-0.2, 0) is 11.2 Å². The lowest BCUT2D eigenvalue weighted by atomic mass is 10.0. The van der Waals surface area contributed by atoms with Crippen LogP contribution in [0.3, 0.4) is 0 Å². The fraction of sp³-hybridized carbons (Fsp3) is 0.667. The summed E-state index contributed by atoms with van der Waals surface area (Å²) < 4.78 is 11.0. The third kappa shape index (κ3) is 6.70. The molecule has 27 heavy (non-hydrogen) atoms. The predicted octanol–water partition coefficient (Wildman–Crippen LogP) is 2.07. The number of aliphatic imine (C=N–C) groups is 1. The molecular weight excluding hydrogens is 340 g/mol. The zero-order chi connectivity index (χ0) is 19.6. The van der Waals surface area contributed by atoms with Crippen molar-refractivity contribution in [3.05, 3.63) is 29.3 Å². The first-order valence-electron chi connectivity index (χ1n) is 9.95. The van der Waals surface area contributed by atoms with Crippen molar-refractivity contribution in [1.29, 1.82) is 0 Å². The summed E-state index contributed by atoms with van der Waals surface area (Å²) in [5, 5.41) is 6.93. The Morgan fingerprint density at radius 2 is 2.00 bits per heavy atom. The Bertz CT molecular complexity index is 598. The molecule has 1 aromatic carbocycles. The molecular formula is C21H36N4O2. The summed E-state index contributed by atoms with van der Waals surface area (Å²) in [5.41, 5.74) is 2.47. The Balaban J connectivity index is 1.83. The number of methoxy groups -OCH3 is 1. The van der Waals surface area contributed by atoms with Crippen molar-refractivity contribution in [2.24, 2.45) is 10.9 Å². The molecule has 152 valence electrons. The van der Waals surface area contributed by atoms with Crippen LogP contribution >= 0.6 is 0 Å². The van der Waals surface area contributed by atoms with Gasteiger partial charge in [-0.15, -0.1) is 0 Å². The van der Waals surface area contributed by atoms with Gasteiger partial charge in [-0.05, 0) is 30.9 Å². The maximum Gasteiger partial charge on any atom is 0.191 e. The molecule has 1 saturated heterocycles. The van der Waals surface area contributed by atoms with E-state index in [2.05, 4.69) is 53.4 Å². The second kappa shape index (κ2) is 11.1. The molecule has 0 aromatic heterocycles. The van der Waals surface area contributed by atoms with Crippen LogP contribution in [0.2, 0.25) is 0 Å². The summed E-state index contributed by atoms with van der Waals surface area (Å²) in [4.78, 5) is 6.90. The van der Waals surface area contributed by atoms with Crippen molar-refractivity contribution in [1.82, 2.24) is 15.5 Å². The molecule has 1 atom stereocenters. The summed E-state index contributed by atoms with van der Waals surface area (Å²) in [6.45, 7) is 12.0. The summed E-state index contributed by atoms with van der Waals surface area (Å²) in [6.07, 6.45) is 0.891. The van der Waals surface area contributed by atoms with Gasteiger partial charge in [0.1, 0.15) is 5.75 Å². The van der Waals surface area contributed by atoms with Gasteiger partial charge < -0.3 is 20.1 Å². The van der Waals surface area contributed by atoms with E-state index >= 15 is 0 Å². The van der Waals surface area contributed by atoms with Crippen LogP contribution in [0.15, 0.2) is 23.2 Å². The molecule has 6 nitrogen and oxygen atoms in total. The number of ether oxygens (including phenoxy) is 2. The molecule has 1 fully saturated rings. The van der Waals surface area contributed by atoms with Crippen LogP contribution in [0.1, 0.15) is 25.0 Å². The highest BCUT2D eigenvalue weighted by Gasteiger charge is 2.23. The Morgan fingerprint density at radius 3 is 2.63 bits per heavy atom. The van der Waals surface area contributed by atoms with Gasteiger partial charge in [0.2, 0.25) is 0 Å². The van der Waals surface area contributed by atoms with Crippen LogP contribution in [0.4, 0.5) is 0 Å². The second-order valence-corrected chi connectivity index (χ2v) is 7.40. The highest BCUT2D eigenvalue weighted by atomic mass is 16.5. The summed E-state index contributed by atoms with van der Waals surface area (Å²) in [5.74, 6) is 2.36. The lowest BCUT2D eigenvalue weighted by Crippen LogP contribution is -2.52. The molecule has 0 aliphatic carbocycles. The SMILES string of the molecule is CN=C(NCCc1cc(C)ccc1OC)NCC(C(C)C)N1CCOCC1.